The van der Waals surface area contributed by atoms with Crippen molar-refractivity contribution in [2.24, 2.45) is 0 Å². The minimum atomic E-state index is -4.71. The number of nitrogens with zero attached hydrogens (tertiary/aromatic N) is 1. The number of carbonyl (C=O) groups excluding carboxylic acids is 1. The molecule has 0 saturated heterocycles. The predicted molar refractivity (Wildman–Crippen MR) is 205 cm³/mol. The molecule has 7 aromatic rings. The number of aromatic nitrogens is 1. The van der Waals surface area contributed by atoms with Crippen LogP contribution in [0, 0.1) is 6.92 Å². The number of pyridine rings is 1. The molecule has 316 valence electrons. The van der Waals surface area contributed by atoms with E-state index >= 15 is 0 Å². The summed E-state index contributed by atoms with van der Waals surface area (Å²) in [4.78, 5) is 28.3. The fourth-order valence-electron chi connectivity index (χ4n) is 6.01. The van der Waals surface area contributed by atoms with Crippen LogP contribution >= 0.6 is 0 Å². The molecule has 0 bridgehead atoms. The minimum absolute atomic E-state index is 0. The smallest absolute Gasteiger partial charge is 0.478 e. The topological polar surface area (TPSA) is 67.3 Å². The zero-order valence-electron chi connectivity index (χ0n) is 31.3. The second kappa shape index (κ2) is 19.0. The normalized spacial score (nSPS) is 11.8. The average Bonchev–Trinajstić information content (AvgIpc) is 3.18. The number of carboxylic acids is 1. The first-order chi connectivity index (χ1) is 27.4. The molecule has 0 atom stereocenters. The van der Waals surface area contributed by atoms with Gasteiger partial charge in [0, 0.05) is 11.8 Å². The van der Waals surface area contributed by atoms with E-state index in [1.807, 2.05) is 0 Å². The number of ketones is 1. The Balaban J connectivity index is 0.000000294. The molecule has 0 aliphatic rings. The predicted octanol–water partition coefficient (Wildman–Crippen LogP) is 11.6. The number of hydrogen-bond donors (Lipinski definition) is 1. The van der Waals surface area contributed by atoms with E-state index < -0.39 is 58.7 Å². The summed E-state index contributed by atoms with van der Waals surface area (Å²) in [7, 11) is 0. The Labute approximate surface area is 352 Å². The van der Waals surface area contributed by atoms with Crippen molar-refractivity contribution in [2.75, 3.05) is 0 Å². The van der Waals surface area contributed by atoms with Gasteiger partial charge in [-0.2, -0.15) is 59.1 Å². The van der Waals surface area contributed by atoms with E-state index in [0.29, 0.717) is 12.1 Å². The van der Waals surface area contributed by atoms with Crippen molar-refractivity contribution in [3.05, 3.63) is 155 Å². The Morgan fingerprint density at radius 2 is 0.902 bits per heavy atom. The van der Waals surface area contributed by atoms with E-state index in [-0.39, 0.29) is 86.2 Å². The molecule has 1 N–H and O–H groups in total. The van der Waals surface area contributed by atoms with Gasteiger partial charge in [-0.3, -0.25) is 9.78 Å². The number of carbonyl (C=O) groups is 2. The van der Waals surface area contributed by atoms with E-state index in [2.05, 4.69) is 18.8 Å². The van der Waals surface area contributed by atoms with Crippen LogP contribution < -0.4 is 18.9 Å². The van der Waals surface area contributed by atoms with Gasteiger partial charge in [-0.1, -0.05) is 51.1 Å². The van der Waals surface area contributed by atoms with Gasteiger partial charge >= 0.3 is 49.5 Å². The number of carboxylic acid groups (broad SMARTS) is 1. The van der Waals surface area contributed by atoms with Gasteiger partial charge in [-0.15, -0.1) is 0 Å². The van der Waals surface area contributed by atoms with E-state index in [1.54, 1.807) is 12.1 Å². The van der Waals surface area contributed by atoms with Gasteiger partial charge in [0.15, 0.2) is 0 Å². The maximum Gasteiger partial charge on any atom is 1.00 e. The number of rotatable bonds is 4. The van der Waals surface area contributed by atoms with Gasteiger partial charge in [0.1, 0.15) is 5.69 Å². The Morgan fingerprint density at radius 1 is 0.541 bits per heavy atom. The van der Waals surface area contributed by atoms with Crippen molar-refractivity contribution in [3.63, 3.8) is 0 Å². The summed E-state index contributed by atoms with van der Waals surface area (Å²) in [6.45, 7) is 5.72. The molecule has 0 aliphatic carbocycles. The van der Waals surface area contributed by atoms with E-state index in [1.165, 1.54) is 24.8 Å². The number of benzene rings is 6. The van der Waals surface area contributed by atoms with Gasteiger partial charge in [0.25, 0.3) is 0 Å². The molecular formula is C44H32F12LiNO3. The standard InChI is InChI=1S/C22H11F6NO.C17H8F6O2.C4H9.CH4.Li/c23-21(24,25)13-5-4-12-9-18(20(30)19-3-1-2-8-29-19)15-7-6-14(22(26,27)28)11-17(15)16(12)10-13;18-16(19,20)9-2-1-8-5-14(15(24)25)11-4-3-10(17(21,22)23)7-13(11)12(8)6-9;1-3-4-2;;/h1-11H;1-7H,(H,24,25);1,3-4H2,2H3;1H4;/q;;-1;;+1. The molecule has 0 amide bonds. The van der Waals surface area contributed by atoms with Crippen molar-refractivity contribution < 1.29 is 86.2 Å². The number of alkyl halides is 12. The third-order valence-corrected chi connectivity index (χ3v) is 8.94. The molecule has 0 unspecified atom stereocenters. The minimum Gasteiger partial charge on any atom is -0.478 e. The van der Waals surface area contributed by atoms with Crippen molar-refractivity contribution in [2.45, 2.75) is 51.9 Å². The maximum absolute atomic E-state index is 13.3. The van der Waals surface area contributed by atoms with E-state index in [0.717, 1.165) is 73.2 Å². The van der Waals surface area contributed by atoms with Crippen LogP contribution in [-0.4, -0.2) is 21.8 Å². The Kier molecular flexibility index (Phi) is 15.5. The van der Waals surface area contributed by atoms with Crippen molar-refractivity contribution >= 4 is 54.8 Å². The molecular weight excluding hydrogens is 825 g/mol. The molecule has 17 heteroatoms. The van der Waals surface area contributed by atoms with Crippen molar-refractivity contribution in [1.82, 2.24) is 4.98 Å². The average molecular weight is 858 g/mol. The molecule has 0 saturated carbocycles. The van der Waals surface area contributed by atoms with Crippen LogP contribution in [0.4, 0.5) is 52.7 Å². The van der Waals surface area contributed by atoms with E-state index in [4.69, 9.17) is 0 Å². The van der Waals surface area contributed by atoms with Gasteiger partial charge < -0.3 is 12.0 Å². The van der Waals surface area contributed by atoms with Gasteiger partial charge in [0.2, 0.25) is 5.78 Å². The molecule has 6 aromatic carbocycles. The quantitative estimate of drug-likeness (QED) is 0.0629. The van der Waals surface area contributed by atoms with Gasteiger partial charge in [0.05, 0.1) is 27.8 Å². The van der Waals surface area contributed by atoms with Crippen LogP contribution in [-0.2, 0) is 24.7 Å². The summed E-state index contributed by atoms with van der Waals surface area (Å²) in [6.07, 6.45) is -15.1. The SMILES string of the molecule is C.O=C(O)c1cc2ccc(C(F)(F)F)cc2c2cc(C(F)(F)F)ccc12.O=C(c1ccccn1)c1cc2ccc(C(F)(F)F)cc2c2cc(C(F)(F)F)ccc12.[CH2-]CCC.[Li+]. The fraction of sp³-hybridized carbons (Fsp3) is 0.182. The summed E-state index contributed by atoms with van der Waals surface area (Å²) in [5, 5.41) is 9.22. The summed E-state index contributed by atoms with van der Waals surface area (Å²) in [5.74, 6) is -1.92. The van der Waals surface area contributed by atoms with Crippen LogP contribution in [0.1, 0.15) is 75.9 Å². The van der Waals surface area contributed by atoms with Crippen LogP contribution in [0.2, 0.25) is 0 Å². The fourth-order valence-corrected chi connectivity index (χ4v) is 6.01. The van der Waals surface area contributed by atoms with E-state index in [9.17, 15) is 67.4 Å². The Bertz CT molecular complexity index is 2690. The first-order valence-corrected chi connectivity index (χ1v) is 17.2. The number of aromatic carboxylic acids is 1. The van der Waals surface area contributed by atoms with Crippen molar-refractivity contribution in [1.29, 1.82) is 0 Å². The van der Waals surface area contributed by atoms with Gasteiger partial charge in [-0.05, 0) is 116 Å². The molecule has 0 spiro atoms. The molecule has 0 radical (unpaired) electrons. The Morgan fingerprint density at radius 3 is 1.25 bits per heavy atom. The van der Waals surface area contributed by atoms with Crippen LogP contribution in [0.15, 0.2) is 109 Å². The largest absolute Gasteiger partial charge is 1.00 e. The van der Waals surface area contributed by atoms with Crippen molar-refractivity contribution in [3.8, 4) is 0 Å². The molecule has 1 aromatic heterocycles. The summed E-state index contributed by atoms with van der Waals surface area (Å²) >= 11 is 0. The number of halogens is 12. The number of unbranched alkanes of at least 4 members (excludes halogenated alkanes) is 1. The third-order valence-electron chi connectivity index (χ3n) is 8.94. The second-order valence-corrected chi connectivity index (χ2v) is 12.9. The summed E-state index contributed by atoms with van der Waals surface area (Å²) in [5.41, 5.74) is -4.25. The zero-order valence-corrected chi connectivity index (χ0v) is 31.3. The molecule has 0 fully saturated rings. The second-order valence-electron chi connectivity index (χ2n) is 12.9. The van der Waals surface area contributed by atoms with Crippen LogP contribution in [0.25, 0.3) is 43.1 Å². The monoisotopic (exact) mass is 857 g/mol. The third kappa shape index (κ3) is 11.2. The maximum atomic E-state index is 13.3. The van der Waals surface area contributed by atoms with Crippen LogP contribution in [0.3, 0.4) is 0 Å². The summed E-state index contributed by atoms with van der Waals surface area (Å²) in [6, 6.07) is 17.5. The van der Waals surface area contributed by atoms with Gasteiger partial charge in [-0.25, -0.2) is 4.79 Å². The molecule has 7 rings (SSSR count). The molecule has 0 aliphatic heterocycles. The zero-order chi connectivity index (χ0) is 43.7. The van der Waals surface area contributed by atoms with Crippen LogP contribution in [0.5, 0.6) is 0 Å². The molecule has 1 heterocycles. The molecule has 4 nitrogen and oxygen atoms in total. The molecule has 61 heavy (non-hydrogen) atoms. The first kappa shape index (κ1) is 49.8. The number of hydrogen-bond acceptors (Lipinski definition) is 3. The summed E-state index contributed by atoms with van der Waals surface area (Å²) < 4.78 is 157. The Hall–Kier alpha value is -5.59. The number of fused-ring (bicyclic) bond motifs is 6. The first-order valence-electron chi connectivity index (χ1n) is 17.2.